The number of ketones is 2. The van der Waals surface area contributed by atoms with Crippen LogP contribution in [-0.2, 0) is 6.42 Å². The van der Waals surface area contributed by atoms with E-state index in [1.54, 1.807) is 30.3 Å². The van der Waals surface area contributed by atoms with Gasteiger partial charge in [0.2, 0.25) is 0 Å². The second-order valence-corrected chi connectivity index (χ2v) is 14.7. The van der Waals surface area contributed by atoms with E-state index in [2.05, 4.69) is 24.5 Å². The lowest BCUT2D eigenvalue weighted by Crippen LogP contribution is -2.25. The predicted octanol–water partition coefficient (Wildman–Crippen LogP) is 12.9. The van der Waals surface area contributed by atoms with Gasteiger partial charge in [0.25, 0.3) is 5.91 Å². The fourth-order valence-electron chi connectivity index (χ4n) is 7.32. The van der Waals surface area contributed by atoms with Gasteiger partial charge in [0, 0.05) is 28.9 Å². The largest absolute Gasteiger partial charge is 0.384 e. The van der Waals surface area contributed by atoms with Gasteiger partial charge in [0.1, 0.15) is 0 Å². The van der Waals surface area contributed by atoms with Crippen LogP contribution in [0.25, 0.3) is 0 Å². The maximum absolute atomic E-state index is 13.9. The first-order valence-corrected chi connectivity index (χ1v) is 20.5. The highest BCUT2D eigenvalue weighted by Gasteiger charge is 2.34. The highest BCUT2D eigenvalue weighted by molar-refractivity contribution is 6.32. The standard InChI is InChI=1S/C46H64N2O3/c1-3-5-7-9-10-11-12-13-14-15-16-17-18-19-21-25-35-47-40-33-34-41(43-42(40)44(49)38-27-23-24-28-39(38)45(43)50)48-46(51)37-31-29-36(30-32-37)26-22-20-8-6-4-2/h23-24,27-34,47H,3-22,25-26,35H2,1-2H3,(H,48,51). The van der Waals surface area contributed by atoms with Gasteiger partial charge in [-0.2, -0.15) is 0 Å². The van der Waals surface area contributed by atoms with Crippen LogP contribution in [0.4, 0.5) is 11.4 Å². The fraction of sp³-hybridized carbons (Fsp3) is 0.543. The lowest BCUT2D eigenvalue weighted by Gasteiger charge is -2.23. The summed E-state index contributed by atoms with van der Waals surface area (Å²) < 4.78 is 0. The first-order chi connectivity index (χ1) is 25.0. The highest BCUT2D eigenvalue weighted by Crippen LogP contribution is 2.37. The zero-order chi connectivity index (χ0) is 36.1. The third-order valence-electron chi connectivity index (χ3n) is 10.5. The molecule has 51 heavy (non-hydrogen) atoms. The molecule has 5 nitrogen and oxygen atoms in total. The molecule has 2 N–H and O–H groups in total. The topological polar surface area (TPSA) is 75.3 Å². The second kappa shape index (κ2) is 23.0. The van der Waals surface area contributed by atoms with E-state index < -0.39 is 0 Å². The van der Waals surface area contributed by atoms with Crippen molar-refractivity contribution in [2.45, 2.75) is 155 Å². The third kappa shape index (κ3) is 12.8. The monoisotopic (exact) mass is 692 g/mol. The lowest BCUT2D eigenvalue weighted by atomic mass is 9.82. The Balaban J connectivity index is 1.25. The van der Waals surface area contributed by atoms with E-state index in [-0.39, 0.29) is 23.0 Å². The summed E-state index contributed by atoms with van der Waals surface area (Å²) in [6.07, 6.45) is 28.3. The number of unbranched alkanes of at least 4 members (excludes halogenated alkanes) is 19. The maximum atomic E-state index is 13.9. The van der Waals surface area contributed by atoms with Crippen LogP contribution in [0, 0.1) is 0 Å². The van der Waals surface area contributed by atoms with Crippen molar-refractivity contribution in [3.8, 4) is 0 Å². The number of benzene rings is 3. The average molecular weight is 693 g/mol. The number of rotatable bonds is 26. The van der Waals surface area contributed by atoms with Gasteiger partial charge in [-0.15, -0.1) is 0 Å². The van der Waals surface area contributed by atoms with Crippen molar-refractivity contribution in [2.75, 3.05) is 17.2 Å². The molecule has 0 heterocycles. The van der Waals surface area contributed by atoms with E-state index in [1.807, 2.05) is 30.3 Å². The van der Waals surface area contributed by atoms with Crippen molar-refractivity contribution >= 4 is 28.8 Å². The number of nitrogens with one attached hydrogen (secondary N) is 2. The van der Waals surface area contributed by atoms with Crippen molar-refractivity contribution in [3.05, 3.63) is 94.0 Å². The highest BCUT2D eigenvalue weighted by atomic mass is 16.2. The number of anilines is 2. The van der Waals surface area contributed by atoms with Crippen molar-refractivity contribution in [2.24, 2.45) is 0 Å². The predicted molar refractivity (Wildman–Crippen MR) is 215 cm³/mol. The molecule has 3 aromatic rings. The normalized spacial score (nSPS) is 12.1. The van der Waals surface area contributed by atoms with Crippen LogP contribution in [0.5, 0.6) is 0 Å². The molecule has 4 rings (SSSR count). The van der Waals surface area contributed by atoms with Gasteiger partial charge in [-0.3, -0.25) is 14.4 Å². The minimum absolute atomic E-state index is 0.186. The summed E-state index contributed by atoms with van der Waals surface area (Å²) in [6.45, 7) is 5.23. The van der Waals surface area contributed by atoms with Gasteiger partial charge in [-0.05, 0) is 49.1 Å². The summed E-state index contributed by atoms with van der Waals surface area (Å²) in [5, 5.41) is 6.43. The molecule has 0 saturated heterocycles. The number of carbonyl (C=O) groups is 3. The Hall–Kier alpha value is -3.73. The number of hydrogen-bond acceptors (Lipinski definition) is 4. The van der Waals surface area contributed by atoms with Crippen LogP contribution < -0.4 is 10.6 Å². The van der Waals surface area contributed by atoms with Crippen LogP contribution in [0.15, 0.2) is 60.7 Å². The Morgan fingerprint density at radius 1 is 0.490 bits per heavy atom. The molecule has 0 aliphatic heterocycles. The second-order valence-electron chi connectivity index (χ2n) is 14.7. The Morgan fingerprint density at radius 3 is 1.43 bits per heavy atom. The van der Waals surface area contributed by atoms with Gasteiger partial charge >= 0.3 is 0 Å². The van der Waals surface area contributed by atoms with E-state index in [1.165, 1.54) is 121 Å². The number of hydrogen-bond donors (Lipinski definition) is 2. The summed E-state index contributed by atoms with van der Waals surface area (Å²) in [5.41, 5.74) is 4.18. The van der Waals surface area contributed by atoms with E-state index in [0.717, 1.165) is 32.2 Å². The van der Waals surface area contributed by atoms with Gasteiger partial charge in [-0.1, -0.05) is 172 Å². The third-order valence-corrected chi connectivity index (χ3v) is 10.5. The maximum Gasteiger partial charge on any atom is 0.255 e. The molecule has 0 aromatic heterocycles. The van der Waals surface area contributed by atoms with E-state index >= 15 is 0 Å². The molecule has 0 saturated carbocycles. The van der Waals surface area contributed by atoms with Crippen LogP contribution >= 0.6 is 0 Å². The molecule has 0 spiro atoms. The van der Waals surface area contributed by atoms with Crippen LogP contribution in [0.3, 0.4) is 0 Å². The smallest absolute Gasteiger partial charge is 0.255 e. The molecular weight excluding hydrogens is 629 g/mol. The van der Waals surface area contributed by atoms with Gasteiger partial charge in [0.05, 0.1) is 16.8 Å². The molecule has 1 aliphatic carbocycles. The van der Waals surface area contributed by atoms with E-state index in [4.69, 9.17) is 0 Å². The first-order valence-electron chi connectivity index (χ1n) is 20.5. The molecule has 5 heteroatoms. The Kier molecular flexibility index (Phi) is 18.0. The average Bonchev–Trinajstić information content (AvgIpc) is 3.15. The van der Waals surface area contributed by atoms with Crippen LogP contribution in [-0.4, -0.2) is 24.0 Å². The fourth-order valence-corrected chi connectivity index (χ4v) is 7.32. The minimum atomic E-state index is -0.292. The van der Waals surface area contributed by atoms with Crippen LogP contribution in [0.2, 0.25) is 0 Å². The molecule has 1 amide bonds. The summed E-state index contributed by atoms with van der Waals surface area (Å²) in [4.78, 5) is 41.1. The number of amides is 1. The molecule has 3 aromatic carbocycles. The Labute approximate surface area is 308 Å². The van der Waals surface area contributed by atoms with E-state index in [9.17, 15) is 14.4 Å². The Bertz CT molecular complexity index is 1510. The molecule has 0 fully saturated rings. The lowest BCUT2D eigenvalue weighted by molar-refractivity contribution is 0.0979. The van der Waals surface area contributed by atoms with Gasteiger partial charge in [0.15, 0.2) is 11.6 Å². The number of aryl methyl sites for hydroxylation is 1. The summed E-state index contributed by atoms with van der Waals surface area (Å²) in [5.74, 6) is -0.714. The SMILES string of the molecule is CCCCCCCCCCCCCCCCCCNc1ccc(NC(=O)c2ccc(CCCCCCC)cc2)c2c1C(=O)c1ccccc1C2=O. The van der Waals surface area contributed by atoms with Crippen molar-refractivity contribution in [1.29, 1.82) is 0 Å². The molecule has 276 valence electrons. The summed E-state index contributed by atoms with van der Waals surface area (Å²) >= 11 is 0. The molecule has 0 unspecified atom stereocenters. The minimum Gasteiger partial charge on any atom is -0.384 e. The number of carbonyl (C=O) groups excluding carboxylic acids is 3. The molecule has 1 aliphatic rings. The molecule has 0 bridgehead atoms. The van der Waals surface area contributed by atoms with Crippen molar-refractivity contribution in [3.63, 3.8) is 0 Å². The summed E-state index contributed by atoms with van der Waals surface area (Å²) in [7, 11) is 0. The molecular formula is C46H64N2O3. The quantitative estimate of drug-likeness (QED) is 0.0642. The zero-order valence-electron chi connectivity index (χ0n) is 31.8. The molecule has 0 atom stereocenters. The Morgan fingerprint density at radius 2 is 0.922 bits per heavy atom. The van der Waals surface area contributed by atoms with E-state index in [0.29, 0.717) is 33.6 Å². The summed E-state index contributed by atoms with van der Waals surface area (Å²) in [6, 6.07) is 18.3. The first kappa shape index (κ1) is 40.0. The van der Waals surface area contributed by atoms with Crippen molar-refractivity contribution < 1.29 is 14.4 Å². The van der Waals surface area contributed by atoms with Gasteiger partial charge in [-0.25, -0.2) is 0 Å². The van der Waals surface area contributed by atoms with Crippen molar-refractivity contribution in [1.82, 2.24) is 0 Å². The van der Waals surface area contributed by atoms with Gasteiger partial charge < -0.3 is 10.6 Å². The molecule has 0 radical (unpaired) electrons. The van der Waals surface area contributed by atoms with Crippen LogP contribution in [0.1, 0.15) is 196 Å². The zero-order valence-corrected chi connectivity index (χ0v) is 31.8. The number of fused-ring (bicyclic) bond motifs is 2.